The molecule has 1 aliphatic heterocycles. The quantitative estimate of drug-likeness (QED) is 0.852. The average Bonchev–Trinajstić information content (AvgIpc) is 3.19. The molecule has 1 aliphatic carbocycles. The summed E-state index contributed by atoms with van der Waals surface area (Å²) in [7, 11) is 0. The van der Waals surface area contributed by atoms with E-state index >= 15 is 0 Å². The maximum Gasteiger partial charge on any atom is 0.257 e. The Morgan fingerprint density at radius 2 is 1.91 bits per heavy atom. The fraction of sp³-hybridized carbons (Fsp3) is 0.600. The van der Waals surface area contributed by atoms with Gasteiger partial charge in [0.2, 0.25) is 0 Å². The van der Waals surface area contributed by atoms with E-state index < -0.39 is 0 Å². The van der Waals surface area contributed by atoms with Crippen LogP contribution in [-0.2, 0) is 12.8 Å². The van der Waals surface area contributed by atoms with E-state index in [2.05, 4.69) is 15.5 Å². The van der Waals surface area contributed by atoms with E-state index in [1.54, 1.807) is 22.3 Å². The van der Waals surface area contributed by atoms with Crippen molar-refractivity contribution < 1.29 is 4.79 Å². The molecule has 4 rings (SSSR count). The van der Waals surface area contributed by atoms with Gasteiger partial charge in [-0.1, -0.05) is 12.8 Å². The van der Waals surface area contributed by atoms with Crippen LogP contribution in [0.15, 0.2) is 6.33 Å². The Labute approximate surface area is 133 Å². The predicted molar refractivity (Wildman–Crippen MR) is 83.4 cm³/mol. The SMILES string of the molecule is O=C(c1c(-n2cnnn2)sc2c1CCC2)N1CCCCCC1. The second-order valence-electron chi connectivity index (χ2n) is 6.00. The summed E-state index contributed by atoms with van der Waals surface area (Å²) in [5.41, 5.74) is 2.09. The number of carbonyl (C=O) groups excluding carboxylic acids is 1. The van der Waals surface area contributed by atoms with Crippen LogP contribution in [0.4, 0.5) is 0 Å². The van der Waals surface area contributed by atoms with Crippen LogP contribution in [0.25, 0.3) is 5.00 Å². The van der Waals surface area contributed by atoms with Crippen LogP contribution in [0.2, 0.25) is 0 Å². The molecule has 116 valence electrons. The van der Waals surface area contributed by atoms with Crippen LogP contribution >= 0.6 is 11.3 Å². The molecule has 22 heavy (non-hydrogen) atoms. The third-order valence-corrected chi connectivity index (χ3v) is 5.85. The van der Waals surface area contributed by atoms with Crippen molar-refractivity contribution in [1.29, 1.82) is 0 Å². The Hall–Kier alpha value is -1.76. The summed E-state index contributed by atoms with van der Waals surface area (Å²) in [6.45, 7) is 1.75. The number of amides is 1. The molecule has 0 atom stereocenters. The van der Waals surface area contributed by atoms with E-state index in [-0.39, 0.29) is 5.91 Å². The number of tetrazole rings is 1. The lowest BCUT2D eigenvalue weighted by molar-refractivity contribution is 0.0761. The highest BCUT2D eigenvalue weighted by Crippen LogP contribution is 2.38. The normalized spacial score (nSPS) is 18.3. The van der Waals surface area contributed by atoms with Gasteiger partial charge >= 0.3 is 0 Å². The van der Waals surface area contributed by atoms with E-state index in [1.165, 1.54) is 23.3 Å². The Bertz CT molecular complexity index is 670. The number of rotatable bonds is 2. The third kappa shape index (κ3) is 2.33. The number of nitrogens with zero attached hydrogens (tertiary/aromatic N) is 5. The molecule has 0 bridgehead atoms. The number of thiophene rings is 1. The van der Waals surface area contributed by atoms with Gasteiger partial charge in [0.15, 0.2) is 0 Å². The van der Waals surface area contributed by atoms with E-state index in [1.807, 2.05) is 4.90 Å². The van der Waals surface area contributed by atoms with E-state index in [9.17, 15) is 4.79 Å². The number of carbonyl (C=O) groups is 1. The molecule has 1 saturated heterocycles. The van der Waals surface area contributed by atoms with Crippen molar-refractivity contribution >= 4 is 17.2 Å². The Kier molecular flexibility index (Phi) is 3.65. The largest absolute Gasteiger partial charge is 0.339 e. The number of hydrogen-bond acceptors (Lipinski definition) is 5. The first-order chi connectivity index (χ1) is 10.8. The molecule has 0 spiro atoms. The van der Waals surface area contributed by atoms with Gasteiger partial charge < -0.3 is 4.90 Å². The fourth-order valence-corrected chi connectivity index (χ4v) is 4.75. The van der Waals surface area contributed by atoms with Crippen molar-refractivity contribution in [1.82, 2.24) is 25.1 Å². The van der Waals surface area contributed by atoms with Crippen molar-refractivity contribution in [2.24, 2.45) is 0 Å². The lowest BCUT2D eigenvalue weighted by Crippen LogP contribution is -2.32. The van der Waals surface area contributed by atoms with Crippen LogP contribution in [0.1, 0.15) is 52.9 Å². The second-order valence-corrected chi connectivity index (χ2v) is 7.08. The molecule has 7 heteroatoms. The number of fused-ring (bicyclic) bond motifs is 1. The number of aryl methyl sites for hydroxylation is 1. The van der Waals surface area contributed by atoms with Gasteiger partial charge in [-0.15, -0.1) is 16.4 Å². The summed E-state index contributed by atoms with van der Waals surface area (Å²) >= 11 is 1.68. The second kappa shape index (κ2) is 5.79. The summed E-state index contributed by atoms with van der Waals surface area (Å²) in [4.78, 5) is 16.5. The molecule has 3 heterocycles. The molecular weight excluding hydrogens is 298 g/mol. The summed E-state index contributed by atoms with van der Waals surface area (Å²) in [6.07, 6.45) is 9.48. The van der Waals surface area contributed by atoms with Crippen molar-refractivity contribution in [3.63, 3.8) is 0 Å². The summed E-state index contributed by atoms with van der Waals surface area (Å²) < 4.78 is 1.65. The summed E-state index contributed by atoms with van der Waals surface area (Å²) in [5, 5.41) is 12.3. The number of likely N-dealkylation sites (tertiary alicyclic amines) is 1. The molecule has 0 aromatic carbocycles. The highest BCUT2D eigenvalue weighted by atomic mass is 32.1. The van der Waals surface area contributed by atoms with Crippen LogP contribution in [0, 0.1) is 0 Å². The molecular formula is C15H19N5OS. The zero-order valence-corrected chi connectivity index (χ0v) is 13.3. The molecule has 1 amide bonds. The van der Waals surface area contributed by atoms with E-state index in [0.29, 0.717) is 0 Å². The van der Waals surface area contributed by atoms with Crippen molar-refractivity contribution in [3.8, 4) is 5.00 Å². The Morgan fingerprint density at radius 1 is 1.09 bits per heavy atom. The molecule has 0 unspecified atom stereocenters. The molecule has 2 aromatic rings. The topological polar surface area (TPSA) is 63.9 Å². The minimum atomic E-state index is 0.173. The molecule has 6 nitrogen and oxygen atoms in total. The van der Waals surface area contributed by atoms with Gasteiger partial charge in [-0.2, -0.15) is 4.68 Å². The van der Waals surface area contributed by atoms with Gasteiger partial charge in [-0.05, 0) is 48.1 Å². The van der Waals surface area contributed by atoms with Crippen LogP contribution < -0.4 is 0 Å². The lowest BCUT2D eigenvalue weighted by Gasteiger charge is -2.21. The van der Waals surface area contributed by atoms with Gasteiger partial charge in [-0.3, -0.25) is 4.79 Å². The molecule has 0 saturated carbocycles. The maximum absolute atomic E-state index is 13.1. The van der Waals surface area contributed by atoms with Gasteiger partial charge in [0.1, 0.15) is 11.3 Å². The summed E-state index contributed by atoms with van der Waals surface area (Å²) in [6, 6.07) is 0. The Balaban J connectivity index is 1.74. The first-order valence-electron chi connectivity index (χ1n) is 8.02. The third-order valence-electron chi connectivity index (χ3n) is 4.57. The van der Waals surface area contributed by atoms with E-state index in [0.717, 1.165) is 55.8 Å². The van der Waals surface area contributed by atoms with Crippen LogP contribution in [0.5, 0.6) is 0 Å². The lowest BCUT2D eigenvalue weighted by atomic mass is 10.1. The zero-order valence-electron chi connectivity index (χ0n) is 12.5. The average molecular weight is 317 g/mol. The standard InChI is InChI=1S/C15H19N5OS/c21-14(19-8-3-1-2-4-9-19)13-11-6-5-7-12(11)22-15(13)20-10-16-17-18-20/h10H,1-9H2. The minimum Gasteiger partial charge on any atom is -0.339 e. The van der Waals surface area contributed by atoms with Crippen molar-refractivity contribution in [2.75, 3.05) is 13.1 Å². The molecule has 0 radical (unpaired) electrons. The molecule has 1 fully saturated rings. The number of hydrogen-bond donors (Lipinski definition) is 0. The monoisotopic (exact) mass is 317 g/mol. The highest BCUT2D eigenvalue weighted by Gasteiger charge is 2.30. The summed E-state index contributed by atoms with van der Waals surface area (Å²) in [5.74, 6) is 0.173. The van der Waals surface area contributed by atoms with Gasteiger partial charge in [-0.25, -0.2) is 0 Å². The highest BCUT2D eigenvalue weighted by molar-refractivity contribution is 7.15. The molecule has 2 aliphatic rings. The smallest absolute Gasteiger partial charge is 0.257 e. The van der Waals surface area contributed by atoms with Crippen LogP contribution in [0.3, 0.4) is 0 Å². The number of aromatic nitrogens is 4. The first kappa shape index (κ1) is 13.9. The van der Waals surface area contributed by atoms with Crippen molar-refractivity contribution in [2.45, 2.75) is 44.9 Å². The van der Waals surface area contributed by atoms with Crippen LogP contribution in [-0.4, -0.2) is 44.1 Å². The van der Waals surface area contributed by atoms with Gasteiger partial charge in [0, 0.05) is 18.0 Å². The first-order valence-corrected chi connectivity index (χ1v) is 8.83. The fourth-order valence-electron chi connectivity index (χ4n) is 3.46. The zero-order chi connectivity index (χ0) is 14.9. The maximum atomic E-state index is 13.1. The molecule has 0 N–H and O–H groups in total. The van der Waals surface area contributed by atoms with Gasteiger partial charge in [0.25, 0.3) is 5.91 Å². The Morgan fingerprint density at radius 3 is 2.64 bits per heavy atom. The predicted octanol–water partition coefficient (Wildman–Crippen LogP) is 2.23. The molecule has 2 aromatic heterocycles. The van der Waals surface area contributed by atoms with E-state index in [4.69, 9.17) is 0 Å². The van der Waals surface area contributed by atoms with Crippen molar-refractivity contribution in [3.05, 3.63) is 22.3 Å². The van der Waals surface area contributed by atoms with Gasteiger partial charge in [0.05, 0.1) is 5.56 Å². The minimum absolute atomic E-state index is 0.173.